The standard InChI is InChI=1S/C23H16BrFN2O4/c1-30-22-11-17(9-18(13-26)16-5-3-6-19(25)10-16)21(24)12-23(22)31-14-15-4-2-7-20(8-15)27(28)29/h2-12H,14H2,1H3/b18-9+. The van der Waals surface area contributed by atoms with E-state index in [2.05, 4.69) is 22.0 Å². The molecule has 3 aromatic carbocycles. The van der Waals surface area contributed by atoms with Gasteiger partial charge < -0.3 is 9.47 Å². The number of nitro benzene ring substituents is 1. The van der Waals surface area contributed by atoms with Gasteiger partial charge in [-0.1, -0.05) is 40.2 Å². The Balaban J connectivity index is 1.89. The summed E-state index contributed by atoms with van der Waals surface area (Å²) in [5, 5.41) is 20.4. The van der Waals surface area contributed by atoms with Crippen molar-refractivity contribution in [2.24, 2.45) is 0 Å². The molecule has 0 aliphatic heterocycles. The molecule has 0 saturated heterocycles. The maximum Gasteiger partial charge on any atom is 0.269 e. The van der Waals surface area contributed by atoms with Gasteiger partial charge in [0.2, 0.25) is 0 Å². The average Bonchev–Trinajstić information content (AvgIpc) is 2.77. The van der Waals surface area contributed by atoms with E-state index in [9.17, 15) is 19.8 Å². The van der Waals surface area contributed by atoms with Crippen LogP contribution in [0.4, 0.5) is 10.1 Å². The van der Waals surface area contributed by atoms with Crippen LogP contribution in [0.2, 0.25) is 0 Å². The summed E-state index contributed by atoms with van der Waals surface area (Å²) in [6.45, 7) is 0.104. The lowest BCUT2D eigenvalue weighted by atomic mass is 10.0. The Morgan fingerprint density at radius 1 is 1.19 bits per heavy atom. The summed E-state index contributed by atoms with van der Waals surface area (Å²) in [4.78, 5) is 10.5. The molecule has 0 aliphatic carbocycles. The predicted molar refractivity (Wildman–Crippen MR) is 118 cm³/mol. The molecule has 0 aliphatic rings. The van der Waals surface area contributed by atoms with Crippen LogP contribution in [0.15, 0.2) is 65.1 Å². The fraction of sp³-hybridized carbons (Fsp3) is 0.0870. The van der Waals surface area contributed by atoms with E-state index in [1.807, 2.05) is 0 Å². The molecule has 0 spiro atoms. The monoisotopic (exact) mass is 482 g/mol. The van der Waals surface area contributed by atoms with Gasteiger partial charge in [-0.3, -0.25) is 10.1 Å². The lowest BCUT2D eigenvalue weighted by molar-refractivity contribution is -0.384. The number of hydrogen-bond acceptors (Lipinski definition) is 5. The van der Waals surface area contributed by atoms with Crippen molar-refractivity contribution in [1.82, 2.24) is 0 Å². The molecule has 156 valence electrons. The smallest absolute Gasteiger partial charge is 0.269 e. The van der Waals surface area contributed by atoms with Gasteiger partial charge >= 0.3 is 0 Å². The molecular formula is C23H16BrFN2O4. The number of benzene rings is 3. The van der Waals surface area contributed by atoms with Crippen molar-refractivity contribution in [3.8, 4) is 17.6 Å². The van der Waals surface area contributed by atoms with Crippen molar-refractivity contribution in [2.75, 3.05) is 7.11 Å². The van der Waals surface area contributed by atoms with E-state index in [1.54, 1.807) is 36.4 Å². The van der Waals surface area contributed by atoms with Crippen LogP contribution in [-0.4, -0.2) is 12.0 Å². The van der Waals surface area contributed by atoms with Gasteiger partial charge in [-0.25, -0.2) is 4.39 Å². The summed E-state index contributed by atoms with van der Waals surface area (Å²) in [6.07, 6.45) is 1.62. The van der Waals surface area contributed by atoms with E-state index in [1.165, 1.54) is 37.4 Å². The first-order valence-corrected chi connectivity index (χ1v) is 9.82. The van der Waals surface area contributed by atoms with Crippen molar-refractivity contribution in [3.63, 3.8) is 0 Å². The highest BCUT2D eigenvalue weighted by Gasteiger charge is 2.12. The molecule has 0 fully saturated rings. The van der Waals surface area contributed by atoms with E-state index in [0.717, 1.165) is 0 Å². The molecule has 0 radical (unpaired) electrons. The molecule has 0 unspecified atom stereocenters. The molecule has 0 heterocycles. The van der Waals surface area contributed by atoms with Gasteiger partial charge in [-0.05, 0) is 47.0 Å². The highest BCUT2D eigenvalue weighted by atomic mass is 79.9. The van der Waals surface area contributed by atoms with Crippen LogP contribution in [-0.2, 0) is 6.61 Å². The fourth-order valence-electron chi connectivity index (χ4n) is 2.85. The van der Waals surface area contributed by atoms with Crippen molar-refractivity contribution in [1.29, 1.82) is 5.26 Å². The highest BCUT2D eigenvalue weighted by Crippen LogP contribution is 2.36. The maximum absolute atomic E-state index is 13.5. The Morgan fingerprint density at radius 3 is 2.65 bits per heavy atom. The Bertz CT molecular complexity index is 1200. The second kappa shape index (κ2) is 9.87. The Labute approximate surface area is 186 Å². The van der Waals surface area contributed by atoms with Gasteiger partial charge in [0.25, 0.3) is 5.69 Å². The van der Waals surface area contributed by atoms with Crippen LogP contribution in [0.25, 0.3) is 11.6 Å². The molecular weight excluding hydrogens is 467 g/mol. The Hall–Kier alpha value is -3.70. The number of hydrogen-bond donors (Lipinski definition) is 0. The third kappa shape index (κ3) is 5.47. The lowest BCUT2D eigenvalue weighted by Gasteiger charge is -2.13. The number of nitriles is 1. The zero-order valence-corrected chi connectivity index (χ0v) is 17.9. The zero-order valence-electron chi connectivity index (χ0n) is 16.3. The van der Waals surface area contributed by atoms with Crippen LogP contribution in [0, 0.1) is 27.3 Å². The van der Waals surface area contributed by atoms with Crippen LogP contribution in [0.3, 0.4) is 0 Å². The quantitative estimate of drug-likeness (QED) is 0.174. The first-order chi connectivity index (χ1) is 14.9. The minimum absolute atomic E-state index is 0.0175. The van der Waals surface area contributed by atoms with Crippen LogP contribution < -0.4 is 9.47 Å². The maximum atomic E-state index is 13.5. The SMILES string of the molecule is COc1cc(/C=C(\C#N)c2cccc(F)c2)c(Br)cc1OCc1cccc([N+](=O)[O-])c1. The van der Waals surface area contributed by atoms with Gasteiger partial charge in [0, 0.05) is 16.6 Å². The number of non-ortho nitro benzene ring substituents is 1. The zero-order chi connectivity index (χ0) is 22.4. The largest absolute Gasteiger partial charge is 0.493 e. The minimum Gasteiger partial charge on any atom is -0.493 e. The van der Waals surface area contributed by atoms with Gasteiger partial charge in [0.1, 0.15) is 12.4 Å². The van der Waals surface area contributed by atoms with Crippen LogP contribution in [0.5, 0.6) is 11.5 Å². The normalized spacial score (nSPS) is 11.0. The number of rotatable bonds is 7. The van der Waals surface area contributed by atoms with Gasteiger partial charge in [0.15, 0.2) is 11.5 Å². The summed E-state index contributed by atoms with van der Waals surface area (Å²) >= 11 is 3.46. The number of allylic oxidation sites excluding steroid dienone is 1. The molecule has 0 amide bonds. The number of halogens is 2. The van der Waals surface area contributed by atoms with E-state index < -0.39 is 10.7 Å². The molecule has 0 saturated carbocycles. The summed E-state index contributed by atoms with van der Waals surface area (Å²) in [5.41, 5.74) is 2.00. The van der Waals surface area contributed by atoms with Gasteiger partial charge in [0.05, 0.1) is 23.7 Å². The minimum atomic E-state index is -0.465. The second-order valence-corrected chi connectivity index (χ2v) is 7.27. The molecule has 6 nitrogen and oxygen atoms in total. The molecule has 0 bridgehead atoms. The molecule has 0 atom stereocenters. The van der Waals surface area contributed by atoms with Crippen molar-refractivity contribution >= 4 is 33.3 Å². The third-order valence-electron chi connectivity index (χ3n) is 4.35. The summed E-state index contributed by atoms with van der Waals surface area (Å²) in [5.74, 6) is 0.402. The number of nitro groups is 1. The molecule has 3 rings (SSSR count). The molecule has 8 heteroatoms. The highest BCUT2D eigenvalue weighted by molar-refractivity contribution is 9.10. The first-order valence-electron chi connectivity index (χ1n) is 9.02. The molecule has 3 aromatic rings. The number of methoxy groups -OCH3 is 1. The van der Waals surface area contributed by atoms with E-state index in [-0.39, 0.29) is 17.9 Å². The summed E-state index contributed by atoms with van der Waals surface area (Å²) < 4.78 is 25.4. The average molecular weight is 483 g/mol. The van der Waals surface area contributed by atoms with Crippen LogP contribution in [0.1, 0.15) is 16.7 Å². The van der Waals surface area contributed by atoms with Gasteiger partial charge in [-0.15, -0.1) is 0 Å². The lowest BCUT2D eigenvalue weighted by Crippen LogP contribution is -1.99. The van der Waals surface area contributed by atoms with Gasteiger partial charge in [-0.2, -0.15) is 5.26 Å². The molecule has 0 aromatic heterocycles. The van der Waals surface area contributed by atoms with Crippen molar-refractivity contribution < 1.29 is 18.8 Å². The van der Waals surface area contributed by atoms with Crippen LogP contribution >= 0.6 is 15.9 Å². The number of nitrogens with zero attached hydrogens (tertiary/aromatic N) is 2. The topological polar surface area (TPSA) is 85.4 Å². The summed E-state index contributed by atoms with van der Waals surface area (Å²) in [7, 11) is 1.48. The van der Waals surface area contributed by atoms with Crippen molar-refractivity contribution in [3.05, 3.63) is 97.8 Å². The predicted octanol–water partition coefficient (Wildman–Crippen LogP) is 6.15. The second-order valence-electron chi connectivity index (χ2n) is 6.42. The van der Waals surface area contributed by atoms with Crippen molar-refractivity contribution in [2.45, 2.75) is 6.61 Å². The fourth-order valence-corrected chi connectivity index (χ4v) is 3.28. The molecule has 31 heavy (non-hydrogen) atoms. The van der Waals surface area contributed by atoms with E-state index in [0.29, 0.717) is 32.7 Å². The van der Waals surface area contributed by atoms with E-state index >= 15 is 0 Å². The molecule has 0 N–H and O–H groups in total. The third-order valence-corrected chi connectivity index (χ3v) is 5.04. The Morgan fingerprint density at radius 2 is 1.97 bits per heavy atom. The number of ether oxygens (including phenoxy) is 2. The first kappa shape index (κ1) is 22.0. The van der Waals surface area contributed by atoms with E-state index in [4.69, 9.17) is 9.47 Å². The summed E-state index contributed by atoms with van der Waals surface area (Å²) in [6, 6.07) is 17.4. The Kier molecular flexibility index (Phi) is 7.00.